The van der Waals surface area contributed by atoms with Crippen LogP contribution >= 0.6 is 23.1 Å². The van der Waals surface area contributed by atoms with Gasteiger partial charge in [0.2, 0.25) is 0 Å². The van der Waals surface area contributed by atoms with Crippen LogP contribution in [0.15, 0.2) is 79.6 Å². The summed E-state index contributed by atoms with van der Waals surface area (Å²) < 4.78 is 6.98. The molecular weight excluding hydrogens is 432 g/mol. The van der Waals surface area contributed by atoms with Crippen molar-refractivity contribution in [3.05, 3.63) is 81.2 Å². The van der Waals surface area contributed by atoms with Gasteiger partial charge in [-0.2, -0.15) is 5.10 Å². The van der Waals surface area contributed by atoms with E-state index in [2.05, 4.69) is 10.1 Å². The molecule has 0 bridgehead atoms. The van der Waals surface area contributed by atoms with Crippen LogP contribution in [0.4, 0.5) is 0 Å². The van der Waals surface area contributed by atoms with Gasteiger partial charge in [0.1, 0.15) is 11.5 Å². The Morgan fingerprint density at radius 2 is 2.10 bits per heavy atom. The van der Waals surface area contributed by atoms with Crippen LogP contribution in [-0.2, 0) is 11.8 Å². The normalized spacial score (nSPS) is 16.1. The number of para-hydroxylation sites is 1. The Morgan fingerprint density at radius 1 is 1.23 bits per heavy atom. The van der Waals surface area contributed by atoms with Gasteiger partial charge in [-0.05, 0) is 35.7 Å². The molecule has 0 fully saturated rings. The molecule has 1 aromatic carbocycles. The van der Waals surface area contributed by atoms with Gasteiger partial charge in [0.25, 0.3) is 11.5 Å². The fourth-order valence-corrected chi connectivity index (χ4v) is 5.19. The Morgan fingerprint density at radius 3 is 2.87 bits per heavy atom. The number of amides is 1. The molecule has 7 nitrogen and oxygen atoms in total. The zero-order chi connectivity index (χ0) is 21.4. The molecule has 1 aliphatic heterocycles. The molecule has 4 aromatic rings. The minimum Gasteiger partial charge on any atom is -0.463 e. The summed E-state index contributed by atoms with van der Waals surface area (Å²) in [6.07, 6.45) is 2.20. The lowest BCUT2D eigenvalue weighted by Crippen LogP contribution is -2.28. The number of fused-ring (bicyclic) bond motifs is 1. The molecule has 0 N–H and O–H groups in total. The molecule has 1 aliphatic rings. The van der Waals surface area contributed by atoms with Crippen LogP contribution in [-0.4, -0.2) is 31.9 Å². The highest BCUT2D eigenvalue weighted by molar-refractivity contribution is 7.99. The quantitative estimate of drug-likeness (QED) is 0.338. The second kappa shape index (κ2) is 8.16. The van der Waals surface area contributed by atoms with Gasteiger partial charge in [0.05, 0.1) is 29.0 Å². The van der Waals surface area contributed by atoms with Crippen molar-refractivity contribution < 1.29 is 9.21 Å². The van der Waals surface area contributed by atoms with E-state index in [0.717, 1.165) is 10.6 Å². The SMILES string of the molecule is Cn1c(SCC(=O)N2N=C(c3ccco3)CC2c2cccs2)nc2ccccc2c1=O. The highest BCUT2D eigenvalue weighted by atomic mass is 32.2. The van der Waals surface area contributed by atoms with Crippen LogP contribution in [0.25, 0.3) is 10.9 Å². The van der Waals surface area contributed by atoms with E-state index in [-0.39, 0.29) is 23.3 Å². The van der Waals surface area contributed by atoms with E-state index in [1.165, 1.54) is 21.3 Å². The van der Waals surface area contributed by atoms with Crippen molar-refractivity contribution in [1.29, 1.82) is 0 Å². The Kier molecular flexibility index (Phi) is 5.21. The molecule has 0 spiro atoms. The van der Waals surface area contributed by atoms with Gasteiger partial charge < -0.3 is 4.42 Å². The Labute approximate surface area is 186 Å². The number of carbonyl (C=O) groups excluding carboxylic acids is 1. The first kappa shape index (κ1) is 19.8. The van der Waals surface area contributed by atoms with Crippen molar-refractivity contribution in [2.24, 2.45) is 12.1 Å². The van der Waals surface area contributed by atoms with E-state index in [1.807, 2.05) is 41.8 Å². The average Bonchev–Trinajstić information content (AvgIpc) is 3.55. The topological polar surface area (TPSA) is 80.7 Å². The first-order chi connectivity index (χ1) is 15.1. The van der Waals surface area contributed by atoms with E-state index < -0.39 is 0 Å². The maximum atomic E-state index is 13.2. The van der Waals surface area contributed by atoms with Gasteiger partial charge in [0.15, 0.2) is 5.16 Å². The van der Waals surface area contributed by atoms with Gasteiger partial charge >= 0.3 is 0 Å². The number of rotatable bonds is 5. The van der Waals surface area contributed by atoms with E-state index in [1.54, 1.807) is 36.8 Å². The molecule has 0 aliphatic carbocycles. The number of aromatic nitrogens is 2. The second-order valence-corrected chi connectivity index (χ2v) is 8.98. The van der Waals surface area contributed by atoms with Gasteiger partial charge in [-0.1, -0.05) is 30.0 Å². The van der Waals surface area contributed by atoms with Crippen LogP contribution < -0.4 is 5.56 Å². The van der Waals surface area contributed by atoms with Gasteiger partial charge in [-0.15, -0.1) is 11.3 Å². The van der Waals surface area contributed by atoms with Crippen LogP contribution in [0.1, 0.15) is 23.1 Å². The predicted molar refractivity (Wildman–Crippen MR) is 121 cm³/mol. The van der Waals surface area contributed by atoms with Crippen molar-refractivity contribution in [2.75, 3.05) is 5.75 Å². The van der Waals surface area contributed by atoms with E-state index in [9.17, 15) is 9.59 Å². The Hall–Kier alpha value is -3.17. The van der Waals surface area contributed by atoms with E-state index in [4.69, 9.17) is 4.42 Å². The third-order valence-corrected chi connectivity index (χ3v) is 7.10. The number of nitrogens with zero attached hydrogens (tertiary/aromatic N) is 4. The average molecular weight is 451 g/mol. The van der Waals surface area contributed by atoms with Crippen molar-refractivity contribution in [3.8, 4) is 0 Å². The van der Waals surface area contributed by atoms with Gasteiger partial charge in [-0.25, -0.2) is 9.99 Å². The summed E-state index contributed by atoms with van der Waals surface area (Å²) in [6.45, 7) is 0. The number of thiophene rings is 1. The van der Waals surface area contributed by atoms with Crippen LogP contribution in [0, 0.1) is 0 Å². The molecule has 156 valence electrons. The second-order valence-electron chi connectivity index (χ2n) is 7.06. The molecule has 31 heavy (non-hydrogen) atoms. The Bertz CT molecular complexity index is 1330. The number of hydrazone groups is 1. The third-order valence-electron chi connectivity index (χ3n) is 5.11. The van der Waals surface area contributed by atoms with Crippen LogP contribution in [0.5, 0.6) is 0 Å². The van der Waals surface area contributed by atoms with Gasteiger partial charge in [0, 0.05) is 18.3 Å². The molecule has 1 unspecified atom stereocenters. The highest BCUT2D eigenvalue weighted by Crippen LogP contribution is 2.35. The summed E-state index contributed by atoms with van der Waals surface area (Å²) >= 11 is 2.84. The molecule has 9 heteroatoms. The first-order valence-electron chi connectivity index (χ1n) is 9.67. The minimum absolute atomic E-state index is 0.120. The van der Waals surface area contributed by atoms with Crippen molar-refractivity contribution >= 4 is 45.6 Å². The fraction of sp³-hybridized carbons (Fsp3) is 0.182. The lowest BCUT2D eigenvalue weighted by molar-refractivity contribution is -0.130. The number of thioether (sulfide) groups is 1. The molecule has 1 atom stereocenters. The molecule has 0 radical (unpaired) electrons. The number of benzene rings is 1. The zero-order valence-electron chi connectivity index (χ0n) is 16.6. The van der Waals surface area contributed by atoms with Crippen molar-refractivity contribution in [1.82, 2.24) is 14.6 Å². The number of carbonyl (C=O) groups is 1. The van der Waals surface area contributed by atoms with Crippen molar-refractivity contribution in [2.45, 2.75) is 17.6 Å². The zero-order valence-corrected chi connectivity index (χ0v) is 18.2. The lowest BCUT2D eigenvalue weighted by Gasteiger charge is -2.20. The first-order valence-corrected chi connectivity index (χ1v) is 11.5. The molecular formula is C22H18N4O3S2. The summed E-state index contributed by atoms with van der Waals surface area (Å²) in [5.41, 5.74) is 1.24. The minimum atomic E-state index is -0.165. The number of hydrogen-bond acceptors (Lipinski definition) is 7. The standard InChI is InChI=1S/C22H18N4O3S2/c1-25-21(28)14-6-2-3-7-15(14)23-22(25)31-13-20(27)26-17(19-9-5-11-30-19)12-16(24-26)18-8-4-10-29-18/h2-11,17H,12-13H2,1H3. The molecule has 0 saturated heterocycles. The maximum absolute atomic E-state index is 13.2. The fourth-order valence-electron chi connectivity index (χ4n) is 3.55. The lowest BCUT2D eigenvalue weighted by atomic mass is 10.1. The van der Waals surface area contributed by atoms with E-state index >= 15 is 0 Å². The van der Waals surface area contributed by atoms with Gasteiger partial charge in [-0.3, -0.25) is 14.2 Å². The summed E-state index contributed by atoms with van der Waals surface area (Å²) in [6, 6.07) is 14.7. The number of hydrogen-bond donors (Lipinski definition) is 0. The largest absolute Gasteiger partial charge is 0.463 e. The third kappa shape index (κ3) is 3.70. The van der Waals surface area contributed by atoms with Crippen LogP contribution in [0.3, 0.4) is 0 Å². The molecule has 5 rings (SSSR count). The molecule has 0 saturated carbocycles. The number of furan rings is 1. The Balaban J connectivity index is 1.40. The smallest absolute Gasteiger partial charge is 0.261 e. The summed E-state index contributed by atoms with van der Waals surface area (Å²) in [4.78, 5) is 31.4. The monoisotopic (exact) mass is 450 g/mol. The highest BCUT2D eigenvalue weighted by Gasteiger charge is 2.34. The molecule has 1 amide bonds. The van der Waals surface area contributed by atoms with E-state index in [0.29, 0.717) is 28.2 Å². The van der Waals surface area contributed by atoms with Crippen molar-refractivity contribution in [3.63, 3.8) is 0 Å². The summed E-state index contributed by atoms with van der Waals surface area (Å²) in [5.74, 6) is 0.644. The molecule has 4 heterocycles. The molecule has 3 aromatic heterocycles. The summed E-state index contributed by atoms with van der Waals surface area (Å²) in [5, 5.41) is 9.17. The maximum Gasteiger partial charge on any atom is 0.261 e. The van der Waals surface area contributed by atoms with Crippen LogP contribution in [0.2, 0.25) is 0 Å². The summed E-state index contributed by atoms with van der Waals surface area (Å²) in [7, 11) is 1.67. The predicted octanol–water partition coefficient (Wildman–Crippen LogP) is 4.06.